The molecule has 0 unspecified atom stereocenters. The van der Waals surface area contributed by atoms with Gasteiger partial charge >= 0.3 is 0 Å². The van der Waals surface area contributed by atoms with Gasteiger partial charge in [-0.25, -0.2) is 4.98 Å². The van der Waals surface area contributed by atoms with Crippen LogP contribution >= 0.6 is 0 Å². The normalized spacial score (nSPS) is 12.6. The summed E-state index contributed by atoms with van der Waals surface area (Å²) >= 11 is 0. The van der Waals surface area contributed by atoms with Crippen LogP contribution in [0.4, 0.5) is 5.82 Å². The Morgan fingerprint density at radius 1 is 1.05 bits per heavy atom. The maximum atomic E-state index is 5.64. The van der Waals surface area contributed by atoms with E-state index in [0.29, 0.717) is 19.0 Å². The smallest absolute Gasteiger partial charge is 0.231 e. The van der Waals surface area contributed by atoms with E-state index in [9.17, 15) is 0 Å². The molecule has 0 saturated heterocycles. The molecule has 0 amide bonds. The first kappa shape index (κ1) is 11.8. The summed E-state index contributed by atoms with van der Waals surface area (Å²) in [6.07, 6.45) is 1.68. The first-order chi connectivity index (χ1) is 9.31. The number of pyridine rings is 1. The predicted octanol–water partition coefficient (Wildman–Crippen LogP) is 2.11. The Bertz CT molecular complexity index is 587. The SMILES string of the molecule is Nc1cc(COCc2ccc3c(c2)OCO3)ccn1. The molecular formula is C14H14N2O3. The number of rotatable bonds is 4. The van der Waals surface area contributed by atoms with Gasteiger partial charge in [0.25, 0.3) is 0 Å². The summed E-state index contributed by atoms with van der Waals surface area (Å²) in [7, 11) is 0. The summed E-state index contributed by atoms with van der Waals surface area (Å²) in [5, 5.41) is 0. The van der Waals surface area contributed by atoms with Crippen LogP contribution in [0.5, 0.6) is 11.5 Å². The van der Waals surface area contributed by atoms with Gasteiger partial charge in [0.05, 0.1) is 13.2 Å². The van der Waals surface area contributed by atoms with E-state index < -0.39 is 0 Å². The Morgan fingerprint density at radius 3 is 2.68 bits per heavy atom. The monoisotopic (exact) mass is 258 g/mol. The number of nitrogens with two attached hydrogens (primary N) is 1. The third-order valence-corrected chi connectivity index (χ3v) is 2.82. The maximum absolute atomic E-state index is 5.64. The lowest BCUT2D eigenvalue weighted by Gasteiger charge is -2.06. The molecule has 0 saturated carbocycles. The zero-order chi connectivity index (χ0) is 13.1. The van der Waals surface area contributed by atoms with Gasteiger partial charge in [-0.05, 0) is 35.4 Å². The largest absolute Gasteiger partial charge is 0.454 e. The van der Waals surface area contributed by atoms with Gasteiger partial charge in [0.15, 0.2) is 11.5 Å². The molecule has 1 aliphatic heterocycles. The third-order valence-electron chi connectivity index (χ3n) is 2.82. The molecule has 19 heavy (non-hydrogen) atoms. The minimum absolute atomic E-state index is 0.288. The summed E-state index contributed by atoms with van der Waals surface area (Å²) in [6.45, 7) is 1.30. The van der Waals surface area contributed by atoms with E-state index in [2.05, 4.69) is 4.98 Å². The van der Waals surface area contributed by atoms with Crippen molar-refractivity contribution in [2.75, 3.05) is 12.5 Å². The van der Waals surface area contributed by atoms with E-state index in [4.69, 9.17) is 19.9 Å². The quantitative estimate of drug-likeness (QED) is 0.909. The second-order valence-corrected chi connectivity index (χ2v) is 4.27. The van der Waals surface area contributed by atoms with Crippen LogP contribution < -0.4 is 15.2 Å². The van der Waals surface area contributed by atoms with E-state index in [-0.39, 0.29) is 6.79 Å². The number of hydrogen-bond donors (Lipinski definition) is 1. The summed E-state index contributed by atoms with van der Waals surface area (Å²) < 4.78 is 16.2. The van der Waals surface area contributed by atoms with Crippen molar-refractivity contribution in [1.29, 1.82) is 0 Å². The molecule has 0 bridgehead atoms. The number of anilines is 1. The lowest BCUT2D eigenvalue weighted by molar-refractivity contribution is 0.107. The van der Waals surface area contributed by atoms with Crippen molar-refractivity contribution in [3.63, 3.8) is 0 Å². The van der Waals surface area contributed by atoms with Crippen LogP contribution in [-0.4, -0.2) is 11.8 Å². The third kappa shape index (κ3) is 2.77. The Hall–Kier alpha value is -2.27. The first-order valence-corrected chi connectivity index (χ1v) is 5.98. The fourth-order valence-corrected chi connectivity index (χ4v) is 1.90. The van der Waals surface area contributed by atoms with Crippen molar-refractivity contribution in [2.24, 2.45) is 0 Å². The van der Waals surface area contributed by atoms with Gasteiger partial charge in [-0.3, -0.25) is 0 Å². The molecule has 5 nitrogen and oxygen atoms in total. The van der Waals surface area contributed by atoms with Crippen LogP contribution in [0, 0.1) is 0 Å². The van der Waals surface area contributed by atoms with Crippen LogP contribution in [0.3, 0.4) is 0 Å². The Kier molecular flexibility index (Phi) is 3.20. The van der Waals surface area contributed by atoms with Gasteiger partial charge in [-0.1, -0.05) is 6.07 Å². The second kappa shape index (κ2) is 5.16. The summed E-state index contributed by atoms with van der Waals surface area (Å²) in [5.41, 5.74) is 7.66. The Labute approximate surface area is 110 Å². The summed E-state index contributed by atoms with van der Waals surface area (Å²) in [6, 6.07) is 9.48. The van der Waals surface area contributed by atoms with Crippen molar-refractivity contribution in [3.8, 4) is 11.5 Å². The number of nitrogen functional groups attached to an aromatic ring is 1. The second-order valence-electron chi connectivity index (χ2n) is 4.27. The molecule has 98 valence electrons. The van der Waals surface area contributed by atoms with Crippen molar-refractivity contribution < 1.29 is 14.2 Å². The zero-order valence-corrected chi connectivity index (χ0v) is 10.3. The fraction of sp³-hybridized carbons (Fsp3) is 0.214. The standard InChI is InChI=1S/C14H14N2O3/c15-14-6-11(3-4-16-14)8-17-7-10-1-2-12-13(5-10)19-9-18-12/h1-6H,7-9H2,(H2,15,16). The fourth-order valence-electron chi connectivity index (χ4n) is 1.90. The first-order valence-electron chi connectivity index (χ1n) is 5.98. The molecular weight excluding hydrogens is 244 g/mol. The zero-order valence-electron chi connectivity index (χ0n) is 10.3. The highest BCUT2D eigenvalue weighted by Gasteiger charge is 2.12. The van der Waals surface area contributed by atoms with Gasteiger partial charge in [0.2, 0.25) is 6.79 Å². The van der Waals surface area contributed by atoms with E-state index in [1.165, 1.54) is 0 Å². The average Bonchev–Trinajstić information content (AvgIpc) is 2.86. The number of fused-ring (bicyclic) bond motifs is 1. The van der Waals surface area contributed by atoms with Crippen LogP contribution in [0.2, 0.25) is 0 Å². The molecule has 3 rings (SSSR count). The maximum Gasteiger partial charge on any atom is 0.231 e. The number of aromatic nitrogens is 1. The Morgan fingerprint density at radius 2 is 1.84 bits per heavy atom. The van der Waals surface area contributed by atoms with Crippen molar-refractivity contribution in [1.82, 2.24) is 4.98 Å². The Balaban J connectivity index is 1.58. The van der Waals surface area contributed by atoms with Gasteiger partial charge in [0.1, 0.15) is 5.82 Å². The van der Waals surface area contributed by atoms with Crippen LogP contribution in [-0.2, 0) is 18.0 Å². The number of nitrogens with zero attached hydrogens (tertiary/aromatic N) is 1. The van der Waals surface area contributed by atoms with Gasteiger partial charge < -0.3 is 19.9 Å². The van der Waals surface area contributed by atoms with Gasteiger partial charge in [0, 0.05) is 6.20 Å². The highest BCUT2D eigenvalue weighted by atomic mass is 16.7. The molecule has 0 fully saturated rings. The highest BCUT2D eigenvalue weighted by Crippen LogP contribution is 2.32. The van der Waals surface area contributed by atoms with Crippen LogP contribution in [0.25, 0.3) is 0 Å². The van der Waals surface area contributed by atoms with Crippen LogP contribution in [0.15, 0.2) is 36.5 Å². The van der Waals surface area contributed by atoms with Gasteiger partial charge in [-0.2, -0.15) is 0 Å². The van der Waals surface area contributed by atoms with Gasteiger partial charge in [-0.15, -0.1) is 0 Å². The summed E-state index contributed by atoms with van der Waals surface area (Å²) in [4.78, 5) is 3.94. The number of hydrogen-bond acceptors (Lipinski definition) is 5. The lowest BCUT2D eigenvalue weighted by Crippen LogP contribution is -1.96. The minimum atomic E-state index is 0.288. The molecule has 0 atom stereocenters. The lowest BCUT2D eigenvalue weighted by atomic mass is 10.2. The molecule has 2 heterocycles. The van der Waals surface area contributed by atoms with E-state index in [1.54, 1.807) is 12.3 Å². The topological polar surface area (TPSA) is 66.6 Å². The average molecular weight is 258 g/mol. The van der Waals surface area contributed by atoms with E-state index in [1.807, 2.05) is 24.3 Å². The van der Waals surface area contributed by atoms with Crippen LogP contribution in [0.1, 0.15) is 11.1 Å². The van der Waals surface area contributed by atoms with Crippen molar-refractivity contribution in [3.05, 3.63) is 47.7 Å². The highest BCUT2D eigenvalue weighted by molar-refractivity contribution is 5.44. The van der Waals surface area contributed by atoms with Crippen molar-refractivity contribution >= 4 is 5.82 Å². The molecule has 1 aliphatic rings. The minimum Gasteiger partial charge on any atom is -0.454 e. The number of ether oxygens (including phenoxy) is 3. The molecule has 5 heteroatoms. The van der Waals surface area contributed by atoms with Crippen molar-refractivity contribution in [2.45, 2.75) is 13.2 Å². The predicted molar refractivity (Wildman–Crippen MR) is 69.7 cm³/mol. The summed E-state index contributed by atoms with van der Waals surface area (Å²) in [5.74, 6) is 2.06. The van der Waals surface area contributed by atoms with E-state index in [0.717, 1.165) is 22.6 Å². The molecule has 0 radical (unpaired) electrons. The molecule has 2 N–H and O–H groups in total. The van der Waals surface area contributed by atoms with E-state index >= 15 is 0 Å². The molecule has 2 aromatic rings. The molecule has 1 aromatic heterocycles. The number of benzene rings is 1. The molecule has 0 spiro atoms. The molecule has 0 aliphatic carbocycles. The molecule has 1 aromatic carbocycles.